The minimum Gasteiger partial charge on any atom is -0.497 e. The van der Waals surface area contributed by atoms with Gasteiger partial charge in [-0.2, -0.15) is 20.3 Å². The first-order chi connectivity index (χ1) is 14.0. The number of anilines is 1. The van der Waals surface area contributed by atoms with Gasteiger partial charge in [-0.05, 0) is 55.5 Å². The Kier molecular flexibility index (Phi) is 5.37. The summed E-state index contributed by atoms with van der Waals surface area (Å²) in [5.41, 5.74) is 2.87. The van der Waals surface area contributed by atoms with Crippen molar-refractivity contribution in [2.24, 2.45) is 15.3 Å². The average Bonchev–Trinajstić information content (AvgIpc) is 3.33. The van der Waals surface area contributed by atoms with Crippen LogP contribution in [0, 0.1) is 0 Å². The van der Waals surface area contributed by atoms with Crippen LogP contribution in [0.3, 0.4) is 0 Å². The fraction of sp³-hybridized carbons (Fsp3) is 0.150. The van der Waals surface area contributed by atoms with E-state index in [0.717, 1.165) is 17.0 Å². The van der Waals surface area contributed by atoms with Gasteiger partial charge in [-0.1, -0.05) is 11.6 Å². The molecular weight excluding hydrogens is 410 g/mol. The summed E-state index contributed by atoms with van der Waals surface area (Å²) in [5, 5.41) is 16.9. The molecule has 29 heavy (non-hydrogen) atoms. The summed E-state index contributed by atoms with van der Waals surface area (Å²) in [7, 11) is 1.62. The van der Waals surface area contributed by atoms with Gasteiger partial charge in [-0.25, -0.2) is 4.98 Å². The minimum atomic E-state index is -0.765. The zero-order valence-corrected chi connectivity index (χ0v) is 17.2. The van der Waals surface area contributed by atoms with E-state index in [4.69, 9.17) is 16.3 Å². The van der Waals surface area contributed by atoms with Gasteiger partial charge < -0.3 is 4.74 Å². The molecule has 0 radical (unpaired) electrons. The van der Waals surface area contributed by atoms with Gasteiger partial charge in [0, 0.05) is 16.0 Å². The first kappa shape index (κ1) is 19.2. The van der Waals surface area contributed by atoms with E-state index in [2.05, 4.69) is 20.3 Å². The Balaban J connectivity index is 1.52. The lowest BCUT2D eigenvalue weighted by molar-refractivity contribution is -0.117. The molecule has 146 valence electrons. The second kappa shape index (κ2) is 8.10. The highest BCUT2D eigenvalue weighted by Gasteiger charge is 2.36. The topological polar surface area (TPSA) is 79.5 Å². The zero-order chi connectivity index (χ0) is 20.4. The van der Waals surface area contributed by atoms with E-state index in [0.29, 0.717) is 21.6 Å². The van der Waals surface area contributed by atoms with Crippen LogP contribution in [-0.2, 0) is 4.79 Å². The molecule has 1 aliphatic rings. The van der Waals surface area contributed by atoms with Crippen molar-refractivity contribution in [3.8, 4) is 17.0 Å². The maximum atomic E-state index is 12.8. The van der Waals surface area contributed by atoms with E-state index >= 15 is 0 Å². The summed E-state index contributed by atoms with van der Waals surface area (Å²) >= 11 is 7.21. The maximum absolute atomic E-state index is 12.8. The molecule has 0 fully saturated rings. The highest BCUT2D eigenvalue weighted by Crippen LogP contribution is 2.31. The summed E-state index contributed by atoms with van der Waals surface area (Å²) < 4.78 is 5.18. The van der Waals surface area contributed by atoms with Crippen molar-refractivity contribution in [1.82, 2.24) is 4.98 Å². The fourth-order valence-corrected chi connectivity index (χ4v) is 3.63. The van der Waals surface area contributed by atoms with Crippen molar-refractivity contribution in [2.75, 3.05) is 12.1 Å². The monoisotopic (exact) mass is 425 g/mol. The third-order valence-corrected chi connectivity index (χ3v) is 5.34. The van der Waals surface area contributed by atoms with Crippen LogP contribution in [0.2, 0.25) is 5.02 Å². The average molecular weight is 426 g/mol. The molecule has 1 aliphatic heterocycles. The van der Waals surface area contributed by atoms with Crippen molar-refractivity contribution in [3.63, 3.8) is 0 Å². The van der Waals surface area contributed by atoms with E-state index in [9.17, 15) is 4.79 Å². The molecule has 0 spiro atoms. The fourth-order valence-electron chi connectivity index (χ4n) is 2.71. The van der Waals surface area contributed by atoms with Gasteiger partial charge in [0.2, 0.25) is 5.13 Å². The van der Waals surface area contributed by atoms with Crippen molar-refractivity contribution >= 4 is 45.4 Å². The molecule has 2 heterocycles. The van der Waals surface area contributed by atoms with E-state index < -0.39 is 6.04 Å². The smallest absolute Gasteiger partial charge is 0.282 e. The standard InChI is InChI=1S/C20H16ClN5O2S/c1-12-18(24-23-15-7-5-14(21)6-8-15)19(27)26(25-12)20-22-17(11-29-20)13-3-9-16(28-2)10-4-13/h3-11,18H,1-2H3/t18-/m1/s1. The van der Waals surface area contributed by atoms with Crippen LogP contribution in [0.15, 0.2) is 69.2 Å². The number of thiazole rings is 1. The number of nitrogens with zero attached hydrogens (tertiary/aromatic N) is 5. The lowest BCUT2D eigenvalue weighted by Crippen LogP contribution is -2.29. The molecule has 1 atom stereocenters. The molecule has 3 aromatic rings. The van der Waals surface area contributed by atoms with E-state index in [1.54, 1.807) is 38.3 Å². The van der Waals surface area contributed by atoms with Gasteiger partial charge in [-0.15, -0.1) is 11.3 Å². The summed E-state index contributed by atoms with van der Waals surface area (Å²) in [6.07, 6.45) is 0. The number of aromatic nitrogens is 1. The van der Waals surface area contributed by atoms with E-state index in [1.165, 1.54) is 16.3 Å². The van der Waals surface area contributed by atoms with Crippen LogP contribution < -0.4 is 9.75 Å². The first-order valence-electron chi connectivity index (χ1n) is 8.70. The van der Waals surface area contributed by atoms with Crippen molar-refractivity contribution in [1.29, 1.82) is 0 Å². The maximum Gasteiger partial charge on any atom is 0.282 e. The predicted octanol–water partition coefficient (Wildman–Crippen LogP) is 5.35. The number of methoxy groups -OCH3 is 1. The second-order valence-corrected chi connectivity index (χ2v) is 7.50. The van der Waals surface area contributed by atoms with Crippen molar-refractivity contribution in [3.05, 3.63) is 58.9 Å². The van der Waals surface area contributed by atoms with Gasteiger partial charge in [-0.3, -0.25) is 4.79 Å². The number of benzene rings is 2. The summed E-state index contributed by atoms with van der Waals surface area (Å²) in [6.45, 7) is 1.75. The molecular formula is C20H16ClN5O2S. The number of hydrazone groups is 1. The number of carbonyl (C=O) groups is 1. The second-order valence-electron chi connectivity index (χ2n) is 6.23. The number of ether oxygens (including phenoxy) is 1. The van der Waals surface area contributed by atoms with Gasteiger partial charge in [0.25, 0.3) is 5.91 Å². The molecule has 0 saturated carbocycles. The predicted molar refractivity (Wildman–Crippen MR) is 114 cm³/mol. The van der Waals surface area contributed by atoms with E-state index in [-0.39, 0.29) is 5.91 Å². The minimum absolute atomic E-state index is 0.282. The Morgan fingerprint density at radius 2 is 1.86 bits per heavy atom. The Labute approximate surface area is 176 Å². The molecule has 7 nitrogen and oxygen atoms in total. The van der Waals surface area contributed by atoms with Gasteiger partial charge in [0.1, 0.15) is 5.75 Å². The number of hydrogen-bond donors (Lipinski definition) is 0. The number of hydrogen-bond acceptors (Lipinski definition) is 7. The lowest BCUT2D eigenvalue weighted by Gasteiger charge is -2.08. The summed E-state index contributed by atoms with van der Waals surface area (Å²) in [5.74, 6) is 0.490. The van der Waals surface area contributed by atoms with Crippen LogP contribution in [0.4, 0.5) is 10.8 Å². The third-order valence-electron chi connectivity index (χ3n) is 4.27. The molecule has 1 aromatic heterocycles. The molecule has 0 N–H and O–H groups in total. The summed E-state index contributed by atoms with van der Waals surface area (Å²) in [4.78, 5) is 17.4. The molecule has 0 bridgehead atoms. The Morgan fingerprint density at radius 3 is 2.55 bits per heavy atom. The van der Waals surface area contributed by atoms with Crippen LogP contribution in [0.25, 0.3) is 11.3 Å². The normalized spacial score (nSPS) is 16.5. The molecule has 9 heteroatoms. The Bertz CT molecular complexity index is 1090. The van der Waals surface area contributed by atoms with Crippen LogP contribution >= 0.6 is 22.9 Å². The largest absolute Gasteiger partial charge is 0.497 e. The molecule has 0 aliphatic carbocycles. The third kappa shape index (κ3) is 4.03. The van der Waals surface area contributed by atoms with Gasteiger partial charge in [0.05, 0.1) is 24.2 Å². The highest BCUT2D eigenvalue weighted by atomic mass is 35.5. The molecule has 4 rings (SSSR count). The van der Waals surface area contributed by atoms with Crippen molar-refractivity contribution < 1.29 is 9.53 Å². The number of rotatable bonds is 5. The number of azo groups is 1. The quantitative estimate of drug-likeness (QED) is 0.517. The van der Waals surface area contributed by atoms with Gasteiger partial charge >= 0.3 is 0 Å². The number of carbonyl (C=O) groups excluding carboxylic acids is 1. The number of halogens is 1. The summed E-state index contributed by atoms with van der Waals surface area (Å²) in [6, 6.07) is 13.7. The van der Waals surface area contributed by atoms with Crippen LogP contribution in [0.1, 0.15) is 6.92 Å². The van der Waals surface area contributed by atoms with Gasteiger partial charge in [0.15, 0.2) is 6.04 Å². The molecule has 1 amide bonds. The SMILES string of the molecule is COc1ccc(-c2csc(N3N=C(C)[C@@H](N=Nc4ccc(Cl)cc4)C3=O)n2)cc1. The lowest BCUT2D eigenvalue weighted by atomic mass is 10.2. The number of amides is 1. The molecule has 2 aromatic carbocycles. The molecule has 0 saturated heterocycles. The van der Waals surface area contributed by atoms with Crippen LogP contribution in [-0.4, -0.2) is 29.8 Å². The zero-order valence-electron chi connectivity index (χ0n) is 15.6. The molecule has 0 unspecified atom stereocenters. The highest BCUT2D eigenvalue weighted by molar-refractivity contribution is 7.14. The van der Waals surface area contributed by atoms with Crippen molar-refractivity contribution in [2.45, 2.75) is 13.0 Å². The van der Waals surface area contributed by atoms with E-state index in [1.807, 2.05) is 29.6 Å². The van der Waals surface area contributed by atoms with Crippen LogP contribution in [0.5, 0.6) is 5.75 Å². The Hall–Kier alpha value is -3.10. The Morgan fingerprint density at radius 1 is 1.14 bits per heavy atom. The first-order valence-corrected chi connectivity index (χ1v) is 9.96.